The van der Waals surface area contributed by atoms with Gasteiger partial charge in [-0.25, -0.2) is 4.98 Å². The molecule has 0 radical (unpaired) electrons. The van der Waals surface area contributed by atoms with E-state index in [9.17, 15) is 0 Å². The lowest BCUT2D eigenvalue weighted by Crippen LogP contribution is -2.16. The van der Waals surface area contributed by atoms with Gasteiger partial charge in [-0.15, -0.1) is 12.4 Å². The van der Waals surface area contributed by atoms with Crippen molar-refractivity contribution in [3.05, 3.63) is 60.7 Å². The van der Waals surface area contributed by atoms with E-state index in [2.05, 4.69) is 72.8 Å². The van der Waals surface area contributed by atoms with Crippen molar-refractivity contribution in [2.45, 2.75) is 6.42 Å². The molecule has 0 unspecified atom stereocenters. The van der Waals surface area contributed by atoms with Crippen LogP contribution in [0, 0.1) is 0 Å². The smallest absolute Gasteiger partial charge is 0.127 e. The van der Waals surface area contributed by atoms with E-state index < -0.39 is 0 Å². The minimum atomic E-state index is 0. The van der Waals surface area contributed by atoms with Gasteiger partial charge in [-0.05, 0) is 50.3 Å². The van der Waals surface area contributed by atoms with Gasteiger partial charge in [0.2, 0.25) is 0 Å². The number of pyridine rings is 1. The van der Waals surface area contributed by atoms with Gasteiger partial charge in [-0.1, -0.05) is 48.5 Å². The van der Waals surface area contributed by atoms with E-state index in [1.807, 2.05) is 12.1 Å². The molecular formula is C20H24ClN3. The monoisotopic (exact) mass is 341 g/mol. The maximum absolute atomic E-state index is 4.75. The van der Waals surface area contributed by atoms with E-state index in [0.717, 1.165) is 30.8 Å². The van der Waals surface area contributed by atoms with E-state index in [1.165, 1.54) is 16.5 Å². The number of halogens is 1. The van der Waals surface area contributed by atoms with Gasteiger partial charge in [0.1, 0.15) is 5.82 Å². The second-order valence-corrected chi connectivity index (χ2v) is 6.02. The molecule has 0 spiro atoms. The first-order valence-corrected chi connectivity index (χ1v) is 8.08. The largest absolute Gasteiger partial charge is 0.370 e. The van der Waals surface area contributed by atoms with Crippen molar-refractivity contribution in [3.63, 3.8) is 0 Å². The Morgan fingerprint density at radius 3 is 2.42 bits per heavy atom. The first-order chi connectivity index (χ1) is 11.2. The van der Waals surface area contributed by atoms with Crippen molar-refractivity contribution in [1.29, 1.82) is 0 Å². The normalized spacial score (nSPS) is 10.6. The standard InChI is InChI=1S/C20H23N3.ClH/c1-23(2)14-8-13-21-20-15-18(16-9-4-3-5-10-16)17-11-6-7-12-19(17)22-20;/h3-7,9-12,15H,8,13-14H2,1-2H3,(H,21,22);1H. The maximum Gasteiger partial charge on any atom is 0.127 e. The van der Waals surface area contributed by atoms with Crippen LogP contribution in [0.2, 0.25) is 0 Å². The lowest BCUT2D eigenvalue weighted by molar-refractivity contribution is 0.405. The fourth-order valence-electron chi connectivity index (χ4n) is 2.73. The summed E-state index contributed by atoms with van der Waals surface area (Å²) in [4.78, 5) is 6.95. The van der Waals surface area contributed by atoms with E-state index in [1.54, 1.807) is 0 Å². The number of anilines is 1. The number of nitrogens with zero attached hydrogens (tertiary/aromatic N) is 2. The first kappa shape index (κ1) is 18.2. The van der Waals surface area contributed by atoms with E-state index in [4.69, 9.17) is 4.98 Å². The Kier molecular flexibility index (Phi) is 6.59. The molecule has 0 fully saturated rings. The van der Waals surface area contributed by atoms with E-state index in [0.29, 0.717) is 0 Å². The Morgan fingerprint density at radius 2 is 1.67 bits per heavy atom. The number of aromatic nitrogens is 1. The Balaban J connectivity index is 0.00000208. The van der Waals surface area contributed by atoms with Crippen LogP contribution in [-0.4, -0.2) is 37.1 Å². The molecule has 0 aliphatic carbocycles. The predicted molar refractivity (Wildman–Crippen MR) is 106 cm³/mol. The zero-order chi connectivity index (χ0) is 16.1. The van der Waals surface area contributed by atoms with Crippen molar-refractivity contribution >= 4 is 29.1 Å². The average molecular weight is 342 g/mol. The molecule has 0 aliphatic rings. The van der Waals surface area contributed by atoms with Gasteiger partial charge < -0.3 is 10.2 Å². The van der Waals surface area contributed by atoms with Gasteiger partial charge in [0.25, 0.3) is 0 Å². The van der Waals surface area contributed by atoms with Crippen LogP contribution in [0.3, 0.4) is 0 Å². The fourth-order valence-corrected chi connectivity index (χ4v) is 2.73. The summed E-state index contributed by atoms with van der Waals surface area (Å²) in [6, 6.07) is 21.0. The molecule has 1 heterocycles. The molecule has 126 valence electrons. The maximum atomic E-state index is 4.75. The number of para-hydroxylation sites is 1. The zero-order valence-electron chi connectivity index (χ0n) is 14.2. The van der Waals surface area contributed by atoms with Gasteiger partial charge >= 0.3 is 0 Å². The molecule has 24 heavy (non-hydrogen) atoms. The summed E-state index contributed by atoms with van der Waals surface area (Å²) in [7, 11) is 4.20. The molecule has 0 saturated heterocycles. The van der Waals surface area contributed by atoms with Crippen LogP contribution in [0.15, 0.2) is 60.7 Å². The molecule has 0 aliphatic heterocycles. The lowest BCUT2D eigenvalue weighted by atomic mass is 10.0. The predicted octanol–water partition coefficient (Wildman–Crippen LogP) is 4.69. The van der Waals surface area contributed by atoms with E-state index in [-0.39, 0.29) is 12.4 Å². The molecular weight excluding hydrogens is 318 g/mol. The third-order valence-corrected chi connectivity index (χ3v) is 3.89. The molecule has 0 saturated carbocycles. The molecule has 3 rings (SSSR count). The number of hydrogen-bond acceptors (Lipinski definition) is 3. The summed E-state index contributed by atoms with van der Waals surface area (Å²) in [6.45, 7) is 2.00. The number of rotatable bonds is 6. The Labute approximate surface area is 150 Å². The van der Waals surface area contributed by atoms with Crippen LogP contribution in [0.4, 0.5) is 5.82 Å². The van der Waals surface area contributed by atoms with Crippen LogP contribution in [-0.2, 0) is 0 Å². The number of fused-ring (bicyclic) bond motifs is 1. The van der Waals surface area contributed by atoms with Crippen LogP contribution in [0.25, 0.3) is 22.0 Å². The summed E-state index contributed by atoms with van der Waals surface area (Å²) < 4.78 is 0. The molecule has 3 nitrogen and oxygen atoms in total. The summed E-state index contributed by atoms with van der Waals surface area (Å²) in [5, 5.41) is 4.66. The molecule has 2 aromatic carbocycles. The minimum absolute atomic E-state index is 0. The summed E-state index contributed by atoms with van der Waals surface area (Å²) in [5.41, 5.74) is 3.48. The zero-order valence-corrected chi connectivity index (χ0v) is 15.0. The van der Waals surface area contributed by atoms with Crippen LogP contribution in [0.5, 0.6) is 0 Å². The van der Waals surface area contributed by atoms with Crippen molar-refractivity contribution in [3.8, 4) is 11.1 Å². The van der Waals surface area contributed by atoms with Crippen LogP contribution >= 0.6 is 12.4 Å². The summed E-state index contributed by atoms with van der Waals surface area (Å²) in [5.74, 6) is 0.946. The Hall–Kier alpha value is -2.10. The van der Waals surface area contributed by atoms with Gasteiger partial charge in [-0.2, -0.15) is 0 Å². The third kappa shape index (κ3) is 4.47. The van der Waals surface area contributed by atoms with Crippen molar-refractivity contribution in [2.75, 3.05) is 32.5 Å². The van der Waals surface area contributed by atoms with Crippen molar-refractivity contribution in [1.82, 2.24) is 9.88 Å². The minimum Gasteiger partial charge on any atom is -0.370 e. The van der Waals surface area contributed by atoms with Crippen LogP contribution in [0.1, 0.15) is 6.42 Å². The summed E-state index contributed by atoms with van der Waals surface area (Å²) in [6.07, 6.45) is 1.10. The van der Waals surface area contributed by atoms with E-state index >= 15 is 0 Å². The summed E-state index contributed by atoms with van der Waals surface area (Å²) >= 11 is 0. The fraction of sp³-hybridized carbons (Fsp3) is 0.250. The molecule has 1 aromatic heterocycles. The Morgan fingerprint density at radius 1 is 0.958 bits per heavy atom. The average Bonchev–Trinajstić information content (AvgIpc) is 2.58. The second-order valence-electron chi connectivity index (χ2n) is 6.02. The molecule has 4 heteroatoms. The highest BCUT2D eigenvalue weighted by Gasteiger charge is 2.07. The highest BCUT2D eigenvalue weighted by Crippen LogP contribution is 2.29. The topological polar surface area (TPSA) is 28.2 Å². The quantitative estimate of drug-likeness (QED) is 0.659. The number of benzene rings is 2. The number of hydrogen-bond donors (Lipinski definition) is 1. The molecule has 3 aromatic rings. The highest BCUT2D eigenvalue weighted by atomic mass is 35.5. The van der Waals surface area contributed by atoms with Crippen molar-refractivity contribution < 1.29 is 0 Å². The molecule has 0 atom stereocenters. The van der Waals surface area contributed by atoms with Crippen LogP contribution < -0.4 is 5.32 Å². The van der Waals surface area contributed by atoms with Crippen molar-refractivity contribution in [2.24, 2.45) is 0 Å². The van der Waals surface area contributed by atoms with Gasteiger partial charge in [0.05, 0.1) is 5.52 Å². The lowest BCUT2D eigenvalue weighted by Gasteiger charge is -2.13. The second kappa shape index (κ2) is 8.67. The highest BCUT2D eigenvalue weighted by molar-refractivity contribution is 5.96. The molecule has 0 amide bonds. The van der Waals surface area contributed by atoms with Gasteiger partial charge in [-0.3, -0.25) is 0 Å². The van der Waals surface area contributed by atoms with Gasteiger partial charge in [0, 0.05) is 11.9 Å². The third-order valence-electron chi connectivity index (χ3n) is 3.89. The molecule has 0 bridgehead atoms. The van der Waals surface area contributed by atoms with Gasteiger partial charge in [0.15, 0.2) is 0 Å². The molecule has 1 N–H and O–H groups in total. The SMILES string of the molecule is CN(C)CCCNc1cc(-c2ccccc2)c2ccccc2n1.Cl. The Bertz CT molecular complexity index is 772. The first-order valence-electron chi connectivity index (χ1n) is 8.08. The number of nitrogens with one attached hydrogen (secondary N) is 1.